The molecular formula is C14H9Cl2F4N. The van der Waals surface area contributed by atoms with Crippen molar-refractivity contribution in [3.8, 4) is 0 Å². The van der Waals surface area contributed by atoms with E-state index in [1.807, 2.05) is 0 Å². The van der Waals surface area contributed by atoms with Gasteiger partial charge < -0.3 is 5.32 Å². The van der Waals surface area contributed by atoms with Crippen LogP contribution in [0.25, 0.3) is 0 Å². The lowest BCUT2D eigenvalue weighted by Crippen LogP contribution is -2.11. The third-order valence-corrected chi connectivity index (χ3v) is 3.15. The molecular weight excluding hydrogens is 329 g/mol. The minimum atomic E-state index is -4.53. The maximum absolute atomic E-state index is 13.2. The first-order valence-electron chi connectivity index (χ1n) is 5.81. The summed E-state index contributed by atoms with van der Waals surface area (Å²) in [7, 11) is 0. The van der Waals surface area contributed by atoms with Gasteiger partial charge in [0.15, 0.2) is 0 Å². The Labute approximate surface area is 128 Å². The molecule has 0 heterocycles. The molecule has 0 aliphatic heterocycles. The van der Waals surface area contributed by atoms with Crippen molar-refractivity contribution in [1.82, 2.24) is 0 Å². The van der Waals surface area contributed by atoms with Crippen LogP contribution >= 0.6 is 23.2 Å². The van der Waals surface area contributed by atoms with E-state index < -0.39 is 17.6 Å². The normalized spacial score (nSPS) is 11.5. The van der Waals surface area contributed by atoms with E-state index in [0.717, 1.165) is 12.1 Å². The van der Waals surface area contributed by atoms with Crippen LogP contribution in [-0.4, -0.2) is 0 Å². The Bertz CT molecular complexity index is 636. The monoisotopic (exact) mass is 337 g/mol. The summed E-state index contributed by atoms with van der Waals surface area (Å²) in [5, 5.41) is 2.78. The van der Waals surface area contributed by atoms with Crippen LogP contribution in [0.4, 0.5) is 23.2 Å². The number of anilines is 1. The molecule has 0 unspecified atom stereocenters. The average molecular weight is 338 g/mol. The highest BCUT2D eigenvalue weighted by atomic mass is 35.5. The van der Waals surface area contributed by atoms with Crippen LogP contribution in [0.1, 0.15) is 11.1 Å². The molecule has 0 aliphatic carbocycles. The van der Waals surface area contributed by atoms with Crippen molar-refractivity contribution in [1.29, 1.82) is 0 Å². The Balaban J connectivity index is 2.24. The number of halogens is 6. The Morgan fingerprint density at radius 1 is 0.952 bits per heavy atom. The number of nitrogens with one attached hydrogen (secondary N) is 1. The van der Waals surface area contributed by atoms with Crippen molar-refractivity contribution in [2.45, 2.75) is 12.7 Å². The Morgan fingerprint density at radius 2 is 1.67 bits per heavy atom. The Hall–Kier alpha value is -1.46. The first-order chi connectivity index (χ1) is 9.75. The molecule has 0 atom stereocenters. The highest BCUT2D eigenvalue weighted by Gasteiger charge is 2.33. The fourth-order valence-electron chi connectivity index (χ4n) is 1.82. The lowest BCUT2D eigenvalue weighted by atomic mass is 10.1. The van der Waals surface area contributed by atoms with Crippen LogP contribution in [-0.2, 0) is 12.7 Å². The van der Waals surface area contributed by atoms with E-state index in [2.05, 4.69) is 5.32 Å². The van der Waals surface area contributed by atoms with Crippen molar-refractivity contribution in [2.75, 3.05) is 5.32 Å². The van der Waals surface area contributed by atoms with Crippen LogP contribution in [0.15, 0.2) is 36.4 Å². The molecule has 0 fully saturated rings. The van der Waals surface area contributed by atoms with Crippen LogP contribution < -0.4 is 5.32 Å². The summed E-state index contributed by atoms with van der Waals surface area (Å²) in [5.74, 6) is -0.550. The maximum atomic E-state index is 13.2. The smallest absolute Gasteiger partial charge is 0.380 e. The number of hydrogen-bond acceptors (Lipinski definition) is 1. The van der Waals surface area contributed by atoms with Gasteiger partial charge in [0.1, 0.15) is 5.82 Å². The second-order valence-electron chi connectivity index (χ2n) is 4.32. The average Bonchev–Trinajstić information content (AvgIpc) is 2.35. The zero-order valence-corrected chi connectivity index (χ0v) is 12.0. The van der Waals surface area contributed by atoms with Gasteiger partial charge >= 0.3 is 6.18 Å². The summed E-state index contributed by atoms with van der Waals surface area (Å²) < 4.78 is 51.9. The zero-order chi connectivity index (χ0) is 15.6. The number of hydrogen-bond donors (Lipinski definition) is 1. The molecule has 112 valence electrons. The highest BCUT2D eigenvalue weighted by Crippen LogP contribution is 2.36. The van der Waals surface area contributed by atoms with Gasteiger partial charge in [0.2, 0.25) is 0 Å². The van der Waals surface area contributed by atoms with E-state index in [0.29, 0.717) is 5.56 Å². The zero-order valence-electron chi connectivity index (χ0n) is 10.4. The Kier molecular flexibility index (Phi) is 4.64. The first-order valence-corrected chi connectivity index (χ1v) is 6.57. The van der Waals surface area contributed by atoms with Crippen LogP contribution in [0.3, 0.4) is 0 Å². The van der Waals surface area contributed by atoms with Gasteiger partial charge in [-0.15, -0.1) is 0 Å². The molecule has 2 aromatic carbocycles. The van der Waals surface area contributed by atoms with E-state index in [1.165, 1.54) is 24.3 Å². The molecule has 0 spiro atoms. The molecule has 2 aromatic rings. The molecule has 0 aliphatic rings. The van der Waals surface area contributed by atoms with Gasteiger partial charge in [0.25, 0.3) is 0 Å². The van der Waals surface area contributed by atoms with Crippen LogP contribution in [0.5, 0.6) is 0 Å². The molecule has 0 saturated heterocycles. The van der Waals surface area contributed by atoms with Crippen molar-refractivity contribution in [2.24, 2.45) is 0 Å². The van der Waals surface area contributed by atoms with Gasteiger partial charge in [-0.3, -0.25) is 0 Å². The topological polar surface area (TPSA) is 12.0 Å². The minimum Gasteiger partial charge on any atom is -0.380 e. The number of alkyl halides is 3. The van der Waals surface area contributed by atoms with Crippen molar-refractivity contribution < 1.29 is 17.6 Å². The fraction of sp³-hybridized carbons (Fsp3) is 0.143. The molecule has 1 N–H and O–H groups in total. The van der Waals surface area contributed by atoms with Crippen molar-refractivity contribution in [3.05, 3.63) is 63.4 Å². The highest BCUT2D eigenvalue weighted by molar-refractivity contribution is 6.31. The van der Waals surface area contributed by atoms with Gasteiger partial charge in [-0.25, -0.2) is 4.39 Å². The van der Waals surface area contributed by atoms with E-state index in [4.69, 9.17) is 23.2 Å². The first kappa shape index (κ1) is 15.9. The van der Waals surface area contributed by atoms with E-state index in [9.17, 15) is 17.6 Å². The molecule has 0 radical (unpaired) electrons. The van der Waals surface area contributed by atoms with Gasteiger partial charge in [0.05, 0.1) is 5.56 Å². The number of rotatable bonds is 3. The van der Waals surface area contributed by atoms with Crippen molar-refractivity contribution >= 4 is 28.9 Å². The quantitative estimate of drug-likeness (QED) is 0.701. The molecule has 0 bridgehead atoms. The molecule has 7 heteroatoms. The maximum Gasteiger partial charge on any atom is 0.418 e. The second kappa shape index (κ2) is 6.12. The van der Waals surface area contributed by atoms with Gasteiger partial charge in [-0.05, 0) is 42.0 Å². The van der Waals surface area contributed by atoms with E-state index in [-0.39, 0.29) is 22.3 Å². The van der Waals surface area contributed by atoms with Crippen LogP contribution in [0, 0.1) is 5.82 Å². The summed E-state index contributed by atoms with van der Waals surface area (Å²) in [4.78, 5) is 0. The minimum absolute atomic E-state index is 0.00217. The standard InChI is InChI=1S/C14H9Cl2F4N/c15-9-1-2-13(12(6-9)14(18,19)20)21-7-8-3-10(16)5-11(17)4-8/h1-6,21H,7H2. The summed E-state index contributed by atoms with van der Waals surface area (Å²) in [5.41, 5.74) is -0.576. The SMILES string of the molecule is Fc1cc(Cl)cc(CNc2ccc(Cl)cc2C(F)(F)F)c1. The predicted molar refractivity (Wildman–Crippen MR) is 75.2 cm³/mol. The molecule has 21 heavy (non-hydrogen) atoms. The summed E-state index contributed by atoms with van der Waals surface area (Å²) in [6.07, 6.45) is -4.53. The lowest BCUT2D eigenvalue weighted by Gasteiger charge is -2.15. The summed E-state index contributed by atoms with van der Waals surface area (Å²) in [6.45, 7) is 0.00217. The van der Waals surface area contributed by atoms with Crippen molar-refractivity contribution in [3.63, 3.8) is 0 Å². The third-order valence-electron chi connectivity index (χ3n) is 2.69. The molecule has 0 aromatic heterocycles. The number of benzene rings is 2. The molecule has 0 amide bonds. The van der Waals surface area contributed by atoms with E-state index >= 15 is 0 Å². The third kappa shape index (κ3) is 4.25. The molecule has 0 saturated carbocycles. The summed E-state index contributed by atoms with van der Waals surface area (Å²) in [6, 6.07) is 7.20. The molecule has 1 nitrogen and oxygen atoms in total. The second-order valence-corrected chi connectivity index (χ2v) is 5.19. The van der Waals surface area contributed by atoms with Gasteiger partial charge in [-0.1, -0.05) is 23.2 Å². The Morgan fingerprint density at radius 3 is 2.29 bits per heavy atom. The van der Waals surface area contributed by atoms with Gasteiger partial charge in [-0.2, -0.15) is 13.2 Å². The van der Waals surface area contributed by atoms with Gasteiger partial charge in [0, 0.05) is 22.3 Å². The van der Waals surface area contributed by atoms with Crippen LogP contribution in [0.2, 0.25) is 10.0 Å². The summed E-state index contributed by atoms with van der Waals surface area (Å²) >= 11 is 11.3. The predicted octanol–water partition coefficient (Wildman–Crippen LogP) is 5.76. The largest absolute Gasteiger partial charge is 0.418 e. The van der Waals surface area contributed by atoms with E-state index in [1.54, 1.807) is 0 Å². The molecule has 2 rings (SSSR count). The lowest BCUT2D eigenvalue weighted by molar-refractivity contribution is -0.136. The fourth-order valence-corrected chi connectivity index (χ4v) is 2.23.